The quantitative estimate of drug-likeness (QED) is 0.575. The predicted molar refractivity (Wildman–Crippen MR) is 76.0 cm³/mol. The molecule has 0 saturated heterocycles. The summed E-state index contributed by atoms with van der Waals surface area (Å²) in [7, 11) is 2.15. The summed E-state index contributed by atoms with van der Waals surface area (Å²) in [5, 5.41) is 0. The lowest BCUT2D eigenvalue weighted by Crippen LogP contribution is -2.33. The van der Waals surface area contributed by atoms with Crippen LogP contribution in [0, 0.1) is 0 Å². The van der Waals surface area contributed by atoms with Crippen molar-refractivity contribution >= 4 is 17.4 Å². The van der Waals surface area contributed by atoms with Crippen LogP contribution < -0.4 is 11.3 Å². The van der Waals surface area contributed by atoms with Crippen LogP contribution in [-0.2, 0) is 6.54 Å². The van der Waals surface area contributed by atoms with Gasteiger partial charge in [-0.1, -0.05) is 6.92 Å². The first-order valence-corrected chi connectivity index (χ1v) is 7.21. The van der Waals surface area contributed by atoms with E-state index in [0.717, 1.165) is 30.1 Å². The summed E-state index contributed by atoms with van der Waals surface area (Å²) in [5.74, 6) is 6.54. The highest BCUT2D eigenvalue weighted by atomic mass is 32.2. The molecule has 1 aromatic heterocycles. The Hall–Kier alpha value is -0.780. The topological polar surface area (TPSA) is 54.2 Å². The van der Waals surface area contributed by atoms with E-state index in [2.05, 4.69) is 35.5 Å². The Bertz CT molecular complexity index is 332. The van der Waals surface area contributed by atoms with Gasteiger partial charge in [0.25, 0.3) is 0 Å². The zero-order valence-corrected chi connectivity index (χ0v) is 11.6. The number of nitrogens with one attached hydrogen (secondary N) is 1. The molecule has 0 aromatic carbocycles. The highest BCUT2D eigenvalue weighted by Crippen LogP contribution is 2.13. The zero-order chi connectivity index (χ0) is 12.7. The molecule has 1 unspecified atom stereocenters. The lowest BCUT2D eigenvalue weighted by atomic mass is 10.2. The van der Waals surface area contributed by atoms with Crippen LogP contribution in [0.1, 0.15) is 19.0 Å². The summed E-state index contributed by atoms with van der Waals surface area (Å²) >= 11 is 1.89. The molecular formula is C12H22N4S. The maximum atomic E-state index is 5.39. The molecule has 1 heterocycles. The van der Waals surface area contributed by atoms with Gasteiger partial charge in [0.1, 0.15) is 0 Å². The summed E-state index contributed by atoms with van der Waals surface area (Å²) in [4.78, 5) is 6.71. The third-order valence-corrected chi connectivity index (χ3v) is 3.57. The van der Waals surface area contributed by atoms with E-state index in [1.165, 1.54) is 0 Å². The number of hydrogen-bond donors (Lipinski definition) is 2. The van der Waals surface area contributed by atoms with Crippen molar-refractivity contribution in [2.24, 2.45) is 5.84 Å². The van der Waals surface area contributed by atoms with Gasteiger partial charge in [-0.15, -0.1) is 0 Å². The normalized spacial score (nSPS) is 12.8. The molecule has 1 rings (SSSR count). The van der Waals surface area contributed by atoms with Crippen molar-refractivity contribution in [3.63, 3.8) is 0 Å². The second-order valence-electron chi connectivity index (χ2n) is 4.11. The molecule has 3 N–H and O–H groups in total. The van der Waals surface area contributed by atoms with E-state index in [1.54, 1.807) is 6.20 Å². The van der Waals surface area contributed by atoms with Gasteiger partial charge in [-0.05, 0) is 31.9 Å². The predicted octanol–water partition coefficient (Wildman–Crippen LogP) is 1.94. The van der Waals surface area contributed by atoms with Crippen molar-refractivity contribution in [1.29, 1.82) is 0 Å². The Morgan fingerprint density at radius 2 is 2.35 bits per heavy atom. The van der Waals surface area contributed by atoms with Crippen LogP contribution >= 0.6 is 11.8 Å². The number of pyridine rings is 1. The smallest absolute Gasteiger partial charge is 0.0564 e. The fraction of sp³-hybridized carbons (Fsp3) is 0.583. The number of nitrogens with two attached hydrogens (primary N) is 1. The van der Waals surface area contributed by atoms with E-state index >= 15 is 0 Å². The summed E-state index contributed by atoms with van der Waals surface area (Å²) in [6.07, 6.45) is 5.09. The molecule has 0 radical (unpaired) electrons. The van der Waals surface area contributed by atoms with Crippen molar-refractivity contribution in [3.8, 4) is 0 Å². The lowest BCUT2D eigenvalue weighted by Gasteiger charge is -2.26. The highest BCUT2D eigenvalue weighted by molar-refractivity contribution is 7.98. The molecule has 0 aliphatic rings. The maximum Gasteiger partial charge on any atom is 0.0564 e. The molecule has 96 valence electrons. The van der Waals surface area contributed by atoms with Gasteiger partial charge < -0.3 is 5.43 Å². The molecule has 0 spiro atoms. The monoisotopic (exact) mass is 254 g/mol. The van der Waals surface area contributed by atoms with Gasteiger partial charge in [0.2, 0.25) is 0 Å². The zero-order valence-electron chi connectivity index (χ0n) is 10.8. The first-order chi connectivity index (χ1) is 8.21. The molecular weight excluding hydrogens is 232 g/mol. The minimum Gasteiger partial charge on any atom is -0.324 e. The van der Waals surface area contributed by atoms with Crippen molar-refractivity contribution in [2.45, 2.75) is 25.9 Å². The molecule has 0 bridgehead atoms. The molecule has 17 heavy (non-hydrogen) atoms. The summed E-state index contributed by atoms with van der Waals surface area (Å²) in [6, 6.07) is 4.45. The van der Waals surface area contributed by atoms with Crippen LogP contribution in [0.5, 0.6) is 0 Å². The molecule has 1 atom stereocenters. The van der Waals surface area contributed by atoms with Crippen LogP contribution in [0.2, 0.25) is 0 Å². The van der Waals surface area contributed by atoms with E-state index in [4.69, 9.17) is 5.84 Å². The Balaban J connectivity index is 2.62. The van der Waals surface area contributed by atoms with E-state index in [0.29, 0.717) is 6.04 Å². The van der Waals surface area contributed by atoms with Crippen molar-refractivity contribution in [3.05, 3.63) is 24.0 Å². The highest BCUT2D eigenvalue weighted by Gasteiger charge is 2.12. The number of thioether (sulfide) groups is 1. The van der Waals surface area contributed by atoms with Crippen molar-refractivity contribution in [1.82, 2.24) is 9.88 Å². The number of anilines is 1. The first kappa shape index (κ1) is 14.3. The molecule has 1 aromatic rings. The molecule has 5 heteroatoms. The van der Waals surface area contributed by atoms with E-state index in [-0.39, 0.29) is 0 Å². The summed E-state index contributed by atoms with van der Waals surface area (Å²) < 4.78 is 0. The Labute approximate surface area is 108 Å². The first-order valence-electron chi connectivity index (χ1n) is 5.82. The van der Waals surface area contributed by atoms with Gasteiger partial charge in [-0.25, -0.2) is 0 Å². The van der Waals surface area contributed by atoms with Gasteiger partial charge in [-0.2, -0.15) is 11.8 Å². The van der Waals surface area contributed by atoms with Crippen LogP contribution in [0.25, 0.3) is 0 Å². The second kappa shape index (κ2) is 7.53. The van der Waals surface area contributed by atoms with E-state index in [1.807, 2.05) is 23.9 Å². The van der Waals surface area contributed by atoms with Crippen molar-refractivity contribution < 1.29 is 0 Å². The van der Waals surface area contributed by atoms with Gasteiger partial charge >= 0.3 is 0 Å². The Morgan fingerprint density at radius 3 is 2.94 bits per heavy atom. The molecule has 4 nitrogen and oxygen atoms in total. The third kappa shape index (κ3) is 4.53. The van der Waals surface area contributed by atoms with Gasteiger partial charge in [0.15, 0.2) is 0 Å². The minimum atomic E-state index is 0.598. The van der Waals surface area contributed by atoms with Crippen LogP contribution in [0.4, 0.5) is 5.69 Å². The Kier molecular flexibility index (Phi) is 6.32. The minimum absolute atomic E-state index is 0.598. The lowest BCUT2D eigenvalue weighted by molar-refractivity contribution is 0.245. The molecule has 0 saturated carbocycles. The third-order valence-electron chi connectivity index (χ3n) is 2.85. The summed E-state index contributed by atoms with van der Waals surface area (Å²) in [5.41, 5.74) is 4.59. The van der Waals surface area contributed by atoms with Crippen LogP contribution in [0.3, 0.4) is 0 Å². The largest absolute Gasteiger partial charge is 0.324 e. The second-order valence-corrected chi connectivity index (χ2v) is 5.02. The average Bonchev–Trinajstić information content (AvgIpc) is 2.36. The number of rotatable bonds is 7. The van der Waals surface area contributed by atoms with Gasteiger partial charge in [-0.3, -0.25) is 15.7 Å². The standard InChI is InChI=1S/C12H22N4S/c1-4-12(9-17-3)16(2)8-11-7-10(15-13)5-6-14-11/h5-7,12H,4,8-9,13H2,1-3H3,(H,14,15). The number of hydrazine groups is 1. The molecule has 0 amide bonds. The Morgan fingerprint density at radius 1 is 1.59 bits per heavy atom. The molecule has 0 aliphatic heterocycles. The fourth-order valence-electron chi connectivity index (χ4n) is 1.79. The maximum absolute atomic E-state index is 5.39. The fourth-order valence-corrected chi connectivity index (χ4v) is 2.66. The number of aromatic nitrogens is 1. The van der Waals surface area contributed by atoms with Gasteiger partial charge in [0, 0.05) is 24.5 Å². The van der Waals surface area contributed by atoms with E-state index < -0.39 is 0 Å². The molecule has 0 fully saturated rings. The van der Waals surface area contributed by atoms with Crippen molar-refractivity contribution in [2.75, 3.05) is 24.5 Å². The SMILES string of the molecule is CCC(CSC)N(C)Cc1cc(NN)ccn1. The molecule has 0 aliphatic carbocycles. The summed E-state index contributed by atoms with van der Waals surface area (Å²) in [6.45, 7) is 3.08. The van der Waals surface area contributed by atoms with Crippen LogP contribution in [-0.4, -0.2) is 35.0 Å². The van der Waals surface area contributed by atoms with E-state index in [9.17, 15) is 0 Å². The van der Waals surface area contributed by atoms with Gasteiger partial charge in [0.05, 0.1) is 11.4 Å². The number of nitrogen functional groups attached to an aromatic ring is 1. The number of hydrogen-bond acceptors (Lipinski definition) is 5. The van der Waals surface area contributed by atoms with Crippen LogP contribution in [0.15, 0.2) is 18.3 Å². The average molecular weight is 254 g/mol. The number of nitrogens with zero attached hydrogens (tertiary/aromatic N) is 2.